The third kappa shape index (κ3) is 2.02. The van der Waals surface area contributed by atoms with Gasteiger partial charge in [0.25, 0.3) is 0 Å². The molecule has 2 aromatic rings. The Morgan fingerprint density at radius 2 is 2.12 bits per heavy atom. The maximum atomic E-state index is 6.07. The monoisotopic (exact) mass is 299 g/mol. The normalized spacial score (nSPS) is 10.8. The number of nitrogens with zero attached hydrogens (tertiary/aromatic N) is 1. The smallest absolute Gasteiger partial charge is 0.133 e. The van der Waals surface area contributed by atoms with E-state index in [1.807, 2.05) is 12.1 Å². The highest BCUT2D eigenvalue weighted by Crippen LogP contribution is 2.31. The molecule has 2 nitrogen and oxygen atoms in total. The van der Waals surface area contributed by atoms with Gasteiger partial charge in [0, 0.05) is 5.39 Å². The van der Waals surface area contributed by atoms with E-state index < -0.39 is 0 Å². The van der Waals surface area contributed by atoms with E-state index in [0.717, 1.165) is 33.1 Å². The molecule has 0 fully saturated rings. The quantitative estimate of drug-likeness (QED) is 0.775. The largest absolute Gasteiger partial charge is 0.496 e. The van der Waals surface area contributed by atoms with E-state index in [-0.39, 0.29) is 0 Å². The second-order valence-electron chi connectivity index (χ2n) is 3.47. The fourth-order valence-corrected chi connectivity index (χ4v) is 2.37. The molecule has 84 valence electrons. The van der Waals surface area contributed by atoms with Crippen molar-refractivity contribution >= 4 is 38.4 Å². The molecule has 0 spiro atoms. The zero-order valence-electron chi connectivity index (χ0n) is 9.05. The highest BCUT2D eigenvalue weighted by molar-refractivity contribution is 9.10. The Morgan fingerprint density at radius 3 is 2.75 bits per heavy atom. The van der Waals surface area contributed by atoms with Crippen LogP contribution in [0.4, 0.5) is 0 Å². The lowest BCUT2D eigenvalue weighted by Gasteiger charge is -2.07. The lowest BCUT2D eigenvalue weighted by molar-refractivity contribution is 0.413. The lowest BCUT2D eigenvalue weighted by atomic mass is 10.1. The van der Waals surface area contributed by atoms with Gasteiger partial charge in [0.05, 0.1) is 17.1 Å². The molecule has 1 heterocycles. The number of halogens is 2. The van der Waals surface area contributed by atoms with Crippen molar-refractivity contribution in [3.63, 3.8) is 0 Å². The molecule has 0 N–H and O–H groups in total. The van der Waals surface area contributed by atoms with E-state index in [1.54, 1.807) is 7.11 Å². The number of hydrogen-bond acceptors (Lipinski definition) is 2. The highest BCUT2D eigenvalue weighted by Gasteiger charge is 2.07. The number of ether oxygens (including phenoxy) is 1. The number of methoxy groups -OCH3 is 1. The molecule has 0 saturated carbocycles. The Hall–Kier alpha value is -0.800. The minimum absolute atomic E-state index is 0.576. The lowest BCUT2D eigenvalue weighted by Crippen LogP contribution is -1.90. The molecule has 0 bridgehead atoms. The number of rotatable bonds is 2. The van der Waals surface area contributed by atoms with Gasteiger partial charge >= 0.3 is 0 Å². The molecule has 0 radical (unpaired) electrons. The molecule has 0 unspecified atom stereocenters. The van der Waals surface area contributed by atoms with E-state index in [0.29, 0.717) is 5.15 Å². The van der Waals surface area contributed by atoms with Crippen LogP contribution in [0.3, 0.4) is 0 Å². The second-order valence-corrected chi connectivity index (χ2v) is 4.68. The number of fused-ring (bicyclic) bond motifs is 1. The molecule has 0 aliphatic heterocycles. The molecule has 16 heavy (non-hydrogen) atoms. The van der Waals surface area contributed by atoms with Gasteiger partial charge in [0.15, 0.2) is 0 Å². The van der Waals surface area contributed by atoms with Crippen molar-refractivity contribution in [2.75, 3.05) is 7.11 Å². The summed E-state index contributed by atoms with van der Waals surface area (Å²) in [6.07, 6.45) is 0.875. The second kappa shape index (κ2) is 4.60. The van der Waals surface area contributed by atoms with Crippen LogP contribution in [0.15, 0.2) is 22.7 Å². The summed E-state index contributed by atoms with van der Waals surface area (Å²) in [5, 5.41) is 1.62. The maximum absolute atomic E-state index is 6.07. The number of benzene rings is 1. The first-order valence-corrected chi connectivity index (χ1v) is 6.15. The summed E-state index contributed by atoms with van der Waals surface area (Å²) in [6.45, 7) is 2.06. The molecule has 0 aliphatic carbocycles. The van der Waals surface area contributed by atoms with Crippen LogP contribution in [0.5, 0.6) is 5.75 Å². The maximum Gasteiger partial charge on any atom is 0.133 e. The van der Waals surface area contributed by atoms with Gasteiger partial charge in [-0.05, 0) is 46.1 Å². The zero-order valence-corrected chi connectivity index (χ0v) is 11.4. The van der Waals surface area contributed by atoms with Gasteiger partial charge in [0.2, 0.25) is 0 Å². The molecule has 1 aromatic heterocycles. The van der Waals surface area contributed by atoms with Gasteiger partial charge in [-0.3, -0.25) is 0 Å². The number of hydrogen-bond donors (Lipinski definition) is 0. The van der Waals surface area contributed by atoms with E-state index in [1.165, 1.54) is 0 Å². The van der Waals surface area contributed by atoms with Gasteiger partial charge in [-0.15, -0.1) is 0 Å². The van der Waals surface area contributed by atoms with Crippen LogP contribution in [-0.2, 0) is 6.42 Å². The molecule has 0 saturated heterocycles. The van der Waals surface area contributed by atoms with Crippen LogP contribution in [-0.4, -0.2) is 12.1 Å². The number of aryl methyl sites for hydroxylation is 1. The van der Waals surface area contributed by atoms with Crippen LogP contribution in [0.25, 0.3) is 10.9 Å². The molecular weight excluding hydrogens is 289 g/mol. The fraction of sp³-hybridized carbons (Fsp3) is 0.250. The van der Waals surface area contributed by atoms with E-state index in [4.69, 9.17) is 16.3 Å². The molecule has 0 amide bonds. The van der Waals surface area contributed by atoms with E-state index >= 15 is 0 Å². The first-order valence-electron chi connectivity index (χ1n) is 4.98. The average Bonchev–Trinajstić information content (AvgIpc) is 2.27. The predicted molar refractivity (Wildman–Crippen MR) is 70.4 cm³/mol. The third-order valence-electron chi connectivity index (χ3n) is 2.50. The van der Waals surface area contributed by atoms with Crippen LogP contribution < -0.4 is 4.74 Å². The summed E-state index contributed by atoms with van der Waals surface area (Å²) in [4.78, 5) is 4.36. The predicted octanol–water partition coefficient (Wildman–Crippen LogP) is 4.22. The van der Waals surface area contributed by atoms with Gasteiger partial charge in [-0.2, -0.15) is 0 Å². The van der Waals surface area contributed by atoms with Gasteiger partial charge in [0.1, 0.15) is 10.9 Å². The topological polar surface area (TPSA) is 22.1 Å². The molecule has 2 rings (SSSR count). The molecular formula is C12H11BrClNO. The first-order chi connectivity index (χ1) is 7.65. The van der Waals surface area contributed by atoms with E-state index in [9.17, 15) is 0 Å². The van der Waals surface area contributed by atoms with Crippen molar-refractivity contribution in [1.82, 2.24) is 4.98 Å². The Bertz CT molecular complexity index is 497. The van der Waals surface area contributed by atoms with Crippen LogP contribution >= 0.6 is 27.5 Å². The number of pyridine rings is 1. The summed E-state index contributed by atoms with van der Waals surface area (Å²) in [5.41, 5.74) is 1.92. The van der Waals surface area contributed by atoms with E-state index in [2.05, 4.69) is 33.9 Å². The zero-order chi connectivity index (χ0) is 11.7. The SMILES string of the molecule is CCc1cc2cc(OC)c(Br)cc2nc1Cl. The standard InChI is InChI=1S/C12H11BrClNO/c1-3-7-4-8-5-11(16-2)9(13)6-10(8)15-12(7)14/h4-6H,3H2,1-2H3. The number of aromatic nitrogens is 1. The van der Waals surface area contributed by atoms with Gasteiger partial charge in [-0.25, -0.2) is 4.98 Å². The van der Waals surface area contributed by atoms with Gasteiger partial charge in [-0.1, -0.05) is 18.5 Å². The summed E-state index contributed by atoms with van der Waals surface area (Å²) in [5.74, 6) is 0.804. The van der Waals surface area contributed by atoms with Crippen molar-refractivity contribution in [2.24, 2.45) is 0 Å². The van der Waals surface area contributed by atoms with Crippen molar-refractivity contribution in [1.29, 1.82) is 0 Å². The average molecular weight is 301 g/mol. The van der Waals surface area contributed by atoms with Crippen LogP contribution in [0, 0.1) is 0 Å². The van der Waals surface area contributed by atoms with Crippen LogP contribution in [0.1, 0.15) is 12.5 Å². The Balaban J connectivity index is 2.71. The first kappa shape index (κ1) is 11.7. The summed E-state index contributed by atoms with van der Waals surface area (Å²) < 4.78 is 6.13. The molecule has 4 heteroatoms. The Labute approximate surface area is 108 Å². The van der Waals surface area contributed by atoms with Crippen LogP contribution in [0.2, 0.25) is 5.15 Å². The minimum atomic E-state index is 0.576. The molecule has 0 aliphatic rings. The summed E-state index contributed by atoms with van der Waals surface area (Å²) >= 11 is 9.50. The molecule has 0 atom stereocenters. The Morgan fingerprint density at radius 1 is 1.38 bits per heavy atom. The Kier molecular flexibility index (Phi) is 3.36. The third-order valence-corrected chi connectivity index (χ3v) is 3.44. The van der Waals surface area contributed by atoms with Crippen molar-refractivity contribution in [3.05, 3.63) is 33.4 Å². The highest BCUT2D eigenvalue weighted by atomic mass is 79.9. The fourth-order valence-electron chi connectivity index (χ4n) is 1.60. The minimum Gasteiger partial charge on any atom is -0.496 e. The van der Waals surface area contributed by atoms with Crippen molar-refractivity contribution in [2.45, 2.75) is 13.3 Å². The summed E-state index contributed by atoms with van der Waals surface area (Å²) in [6, 6.07) is 5.93. The van der Waals surface area contributed by atoms with Crippen molar-refractivity contribution < 1.29 is 4.74 Å². The van der Waals surface area contributed by atoms with Crippen molar-refractivity contribution in [3.8, 4) is 5.75 Å². The molecule has 1 aromatic carbocycles. The summed E-state index contributed by atoms with van der Waals surface area (Å²) in [7, 11) is 1.65. The van der Waals surface area contributed by atoms with Gasteiger partial charge < -0.3 is 4.74 Å².